The van der Waals surface area contributed by atoms with Crippen molar-refractivity contribution in [3.63, 3.8) is 0 Å². The Bertz CT molecular complexity index is 772. The van der Waals surface area contributed by atoms with Crippen LogP contribution in [0, 0.1) is 0 Å². The van der Waals surface area contributed by atoms with Gasteiger partial charge in [0.2, 0.25) is 0 Å². The minimum Gasteiger partial charge on any atom is -0.465 e. The molecule has 5 nitrogen and oxygen atoms in total. The van der Waals surface area contributed by atoms with Crippen molar-refractivity contribution in [2.75, 3.05) is 6.61 Å². The fraction of sp³-hybridized carbons (Fsp3) is 0.438. The van der Waals surface area contributed by atoms with E-state index in [0.29, 0.717) is 29.1 Å². The molecule has 22 heavy (non-hydrogen) atoms. The van der Waals surface area contributed by atoms with Gasteiger partial charge in [-0.1, -0.05) is 30.8 Å². The van der Waals surface area contributed by atoms with Gasteiger partial charge in [-0.25, -0.2) is 4.98 Å². The highest BCUT2D eigenvalue weighted by molar-refractivity contribution is 8.00. The molecule has 1 aromatic heterocycles. The number of thioether (sulfide) groups is 1. The number of para-hydroxylation sites is 1. The molecule has 0 radical (unpaired) electrons. The van der Waals surface area contributed by atoms with Gasteiger partial charge in [-0.3, -0.25) is 14.2 Å². The quantitative estimate of drug-likeness (QED) is 0.641. The molecular formula is C16H18N2O3S. The minimum absolute atomic E-state index is 0.0320. The van der Waals surface area contributed by atoms with Crippen LogP contribution in [0.2, 0.25) is 0 Å². The molecule has 2 heterocycles. The largest absolute Gasteiger partial charge is 0.465 e. The lowest BCUT2D eigenvalue weighted by Crippen LogP contribution is -2.27. The predicted molar refractivity (Wildman–Crippen MR) is 86.2 cm³/mol. The van der Waals surface area contributed by atoms with Gasteiger partial charge in [0.25, 0.3) is 5.56 Å². The number of rotatable bonds is 4. The van der Waals surface area contributed by atoms with E-state index in [-0.39, 0.29) is 22.8 Å². The van der Waals surface area contributed by atoms with Crippen molar-refractivity contribution in [3.8, 4) is 0 Å². The third-order valence-electron chi connectivity index (χ3n) is 3.94. The zero-order chi connectivity index (χ0) is 15.7. The number of fused-ring (bicyclic) bond motifs is 1. The van der Waals surface area contributed by atoms with Crippen molar-refractivity contribution in [3.05, 3.63) is 34.6 Å². The summed E-state index contributed by atoms with van der Waals surface area (Å²) in [5, 5.41) is 0.936. The molecule has 0 spiro atoms. The average molecular weight is 318 g/mol. The van der Waals surface area contributed by atoms with E-state index in [2.05, 4.69) is 4.98 Å². The fourth-order valence-corrected chi connectivity index (χ4v) is 3.65. The molecule has 2 atom stereocenters. The molecule has 0 saturated carbocycles. The number of ether oxygens (including phenoxy) is 1. The monoisotopic (exact) mass is 318 g/mol. The number of hydrogen-bond acceptors (Lipinski definition) is 5. The molecule has 1 saturated heterocycles. The Kier molecular flexibility index (Phi) is 4.20. The Morgan fingerprint density at radius 3 is 2.86 bits per heavy atom. The van der Waals surface area contributed by atoms with Crippen molar-refractivity contribution in [1.29, 1.82) is 0 Å². The van der Waals surface area contributed by atoms with E-state index in [0.717, 1.165) is 6.42 Å². The molecule has 1 fully saturated rings. The molecule has 1 aromatic carbocycles. The average Bonchev–Trinajstić information content (AvgIpc) is 2.92. The summed E-state index contributed by atoms with van der Waals surface area (Å²) < 4.78 is 6.71. The van der Waals surface area contributed by atoms with Crippen molar-refractivity contribution in [1.82, 2.24) is 9.55 Å². The standard InChI is InChI=1S/C16H18N2O3S/c1-3-10(2)18-14(19)11-6-4-5-7-12(11)17-16(18)22-13-8-9-21-15(13)20/h4-7,10,13H,3,8-9H2,1-2H3/t10-,13+/m1/s1. The Labute approximate surface area is 132 Å². The highest BCUT2D eigenvalue weighted by Crippen LogP contribution is 2.30. The van der Waals surface area contributed by atoms with Crippen LogP contribution in [-0.4, -0.2) is 27.4 Å². The smallest absolute Gasteiger partial charge is 0.319 e. The van der Waals surface area contributed by atoms with Crippen molar-refractivity contribution in [2.24, 2.45) is 0 Å². The topological polar surface area (TPSA) is 61.2 Å². The van der Waals surface area contributed by atoms with Gasteiger partial charge in [0, 0.05) is 12.5 Å². The van der Waals surface area contributed by atoms with E-state index < -0.39 is 0 Å². The highest BCUT2D eigenvalue weighted by Gasteiger charge is 2.30. The Morgan fingerprint density at radius 1 is 1.41 bits per heavy atom. The SMILES string of the molecule is CC[C@@H](C)n1c(S[C@H]2CCOC2=O)nc2ccccc2c1=O. The molecular weight excluding hydrogens is 300 g/mol. The first-order valence-corrected chi connectivity index (χ1v) is 8.34. The van der Waals surface area contributed by atoms with E-state index in [1.54, 1.807) is 10.6 Å². The highest BCUT2D eigenvalue weighted by atomic mass is 32.2. The fourth-order valence-electron chi connectivity index (χ4n) is 2.49. The minimum atomic E-state index is -0.275. The third-order valence-corrected chi connectivity index (χ3v) is 5.15. The third kappa shape index (κ3) is 2.63. The first-order chi connectivity index (χ1) is 10.6. The summed E-state index contributed by atoms with van der Waals surface area (Å²) in [6.07, 6.45) is 1.48. The molecule has 6 heteroatoms. The van der Waals surface area contributed by atoms with E-state index >= 15 is 0 Å². The van der Waals surface area contributed by atoms with Crippen molar-refractivity contribution < 1.29 is 9.53 Å². The number of aromatic nitrogens is 2. The van der Waals surface area contributed by atoms with Crippen LogP contribution in [0.4, 0.5) is 0 Å². The van der Waals surface area contributed by atoms with Crippen LogP contribution in [-0.2, 0) is 9.53 Å². The zero-order valence-corrected chi connectivity index (χ0v) is 13.4. The normalized spacial score (nSPS) is 19.4. The summed E-state index contributed by atoms with van der Waals surface area (Å²) in [7, 11) is 0. The lowest BCUT2D eigenvalue weighted by Gasteiger charge is -2.19. The van der Waals surface area contributed by atoms with Crippen LogP contribution in [0.1, 0.15) is 32.7 Å². The summed E-state index contributed by atoms with van der Waals surface area (Å²) in [6, 6.07) is 7.36. The summed E-state index contributed by atoms with van der Waals surface area (Å²) in [5.74, 6) is -0.219. The van der Waals surface area contributed by atoms with Crippen molar-refractivity contribution >= 4 is 28.6 Å². The maximum absolute atomic E-state index is 12.8. The van der Waals surface area contributed by atoms with E-state index in [4.69, 9.17) is 4.74 Å². The van der Waals surface area contributed by atoms with Gasteiger partial charge in [-0.2, -0.15) is 0 Å². The van der Waals surface area contributed by atoms with Gasteiger partial charge in [0.05, 0.1) is 17.5 Å². The Hall–Kier alpha value is -1.82. The Balaban J connectivity index is 2.13. The summed E-state index contributed by atoms with van der Waals surface area (Å²) in [4.78, 5) is 29.1. The van der Waals surface area contributed by atoms with E-state index in [1.807, 2.05) is 32.0 Å². The van der Waals surface area contributed by atoms with E-state index in [9.17, 15) is 9.59 Å². The Morgan fingerprint density at radius 2 is 2.18 bits per heavy atom. The molecule has 0 amide bonds. The lowest BCUT2D eigenvalue weighted by molar-refractivity contribution is -0.137. The number of benzene rings is 1. The molecule has 2 aromatic rings. The number of esters is 1. The van der Waals surface area contributed by atoms with Crippen LogP contribution >= 0.6 is 11.8 Å². The van der Waals surface area contributed by atoms with Gasteiger partial charge in [-0.15, -0.1) is 0 Å². The number of cyclic esters (lactones) is 1. The summed E-state index contributed by atoms with van der Waals surface area (Å²) in [6.45, 7) is 4.47. The van der Waals surface area contributed by atoms with Gasteiger partial charge in [0.1, 0.15) is 5.25 Å². The van der Waals surface area contributed by atoms with Crippen LogP contribution in [0.25, 0.3) is 10.9 Å². The summed E-state index contributed by atoms with van der Waals surface area (Å²) in [5.41, 5.74) is 0.620. The molecule has 1 aliphatic heterocycles. The van der Waals surface area contributed by atoms with Crippen LogP contribution < -0.4 is 5.56 Å². The summed E-state index contributed by atoms with van der Waals surface area (Å²) >= 11 is 1.34. The van der Waals surface area contributed by atoms with Gasteiger partial charge in [0.15, 0.2) is 5.16 Å². The van der Waals surface area contributed by atoms with Gasteiger partial charge in [-0.05, 0) is 25.5 Å². The number of hydrogen-bond donors (Lipinski definition) is 0. The van der Waals surface area contributed by atoms with Gasteiger partial charge >= 0.3 is 5.97 Å². The van der Waals surface area contributed by atoms with Crippen LogP contribution in [0.3, 0.4) is 0 Å². The lowest BCUT2D eigenvalue weighted by atomic mass is 10.2. The number of carbonyl (C=O) groups excluding carboxylic acids is 1. The second-order valence-corrected chi connectivity index (χ2v) is 6.58. The molecule has 0 unspecified atom stereocenters. The second-order valence-electron chi connectivity index (χ2n) is 5.41. The molecule has 3 rings (SSSR count). The second kappa shape index (κ2) is 6.12. The number of carbonyl (C=O) groups is 1. The maximum Gasteiger partial charge on any atom is 0.319 e. The molecule has 0 aliphatic carbocycles. The number of nitrogens with zero attached hydrogens (tertiary/aromatic N) is 2. The maximum atomic E-state index is 12.8. The molecule has 0 N–H and O–H groups in total. The van der Waals surface area contributed by atoms with Crippen LogP contribution in [0.5, 0.6) is 0 Å². The van der Waals surface area contributed by atoms with Crippen LogP contribution in [0.15, 0.2) is 34.2 Å². The molecule has 1 aliphatic rings. The first kappa shape index (κ1) is 15.1. The predicted octanol–water partition coefficient (Wildman–Crippen LogP) is 2.78. The molecule has 0 bridgehead atoms. The molecule has 116 valence electrons. The zero-order valence-electron chi connectivity index (χ0n) is 12.6. The van der Waals surface area contributed by atoms with Gasteiger partial charge < -0.3 is 4.74 Å². The van der Waals surface area contributed by atoms with Crippen molar-refractivity contribution in [2.45, 2.75) is 43.1 Å². The first-order valence-electron chi connectivity index (χ1n) is 7.46. The van der Waals surface area contributed by atoms with E-state index in [1.165, 1.54) is 11.8 Å².